The number of nitrogens with one attached hydrogen (secondary N) is 2. The molecule has 45 heavy (non-hydrogen) atoms. The number of rotatable bonds is 12. The number of piperidine rings is 1. The van der Waals surface area contributed by atoms with E-state index < -0.39 is 0 Å². The Hall–Kier alpha value is -4.69. The van der Waals surface area contributed by atoms with Gasteiger partial charge in [0.05, 0.1) is 39.8 Å². The van der Waals surface area contributed by atoms with Gasteiger partial charge in [0.2, 0.25) is 5.91 Å². The molecule has 0 bridgehead atoms. The first kappa shape index (κ1) is 31.7. The Balaban J connectivity index is 1.43. The highest BCUT2D eigenvalue weighted by molar-refractivity contribution is 6.32. The molecule has 2 aromatic heterocycles. The largest absolute Gasteiger partial charge is 0.489 e. The first-order chi connectivity index (χ1) is 22.0. The average Bonchev–Trinajstić information content (AvgIpc) is 3.05. The highest BCUT2D eigenvalue weighted by Gasteiger charge is 2.18. The van der Waals surface area contributed by atoms with E-state index in [2.05, 4.69) is 38.5 Å². The summed E-state index contributed by atoms with van der Waals surface area (Å²) in [6.07, 6.45) is 6.60. The zero-order valence-corrected chi connectivity index (χ0v) is 26.1. The van der Waals surface area contributed by atoms with E-state index in [0.717, 1.165) is 43.7 Å². The number of carbonyl (C=O) groups excluding carboxylic acids is 1. The molecule has 4 aromatic rings. The number of hydrogen-bond acceptors (Lipinski definition) is 9. The van der Waals surface area contributed by atoms with Crippen molar-refractivity contribution in [3.8, 4) is 17.6 Å². The molecule has 2 aromatic carbocycles. The van der Waals surface area contributed by atoms with Crippen LogP contribution in [-0.4, -0.2) is 60.7 Å². The summed E-state index contributed by atoms with van der Waals surface area (Å²) in [6.45, 7) is 5.96. The highest BCUT2D eigenvalue weighted by atomic mass is 35.5. The number of aromatic nitrogens is 2. The predicted octanol–water partition coefficient (Wildman–Crippen LogP) is 6.48. The molecule has 0 unspecified atom stereocenters. The summed E-state index contributed by atoms with van der Waals surface area (Å²) in [6, 6.07) is 16.6. The number of fused-ring (bicyclic) bond motifs is 1. The summed E-state index contributed by atoms with van der Waals surface area (Å²) >= 11 is 6.57. The van der Waals surface area contributed by atoms with Gasteiger partial charge in [-0.15, -0.1) is 0 Å². The maximum absolute atomic E-state index is 13.2. The highest BCUT2D eigenvalue weighted by Crippen LogP contribution is 2.37. The van der Waals surface area contributed by atoms with Gasteiger partial charge in [0, 0.05) is 55.8 Å². The number of benzene rings is 2. The van der Waals surface area contributed by atoms with E-state index in [-0.39, 0.29) is 19.1 Å². The second-order valence-electron chi connectivity index (χ2n) is 10.5. The van der Waals surface area contributed by atoms with Crippen molar-refractivity contribution in [3.05, 3.63) is 88.9 Å². The van der Waals surface area contributed by atoms with E-state index in [1.165, 1.54) is 6.20 Å². The molecule has 1 saturated heterocycles. The van der Waals surface area contributed by atoms with Gasteiger partial charge in [-0.3, -0.25) is 14.8 Å². The molecule has 0 saturated carbocycles. The lowest BCUT2D eigenvalue weighted by atomic mass is 10.0. The van der Waals surface area contributed by atoms with E-state index in [4.69, 9.17) is 25.8 Å². The standard InChI is InChI=1S/C34H35ClN6O4/c1-3-41-12-9-23(10-13-41)16-33(42)40-30-18-27-29(19-32(30)44-15-14-43-2)38-21-24(20-36)34(27)39-25-7-8-31(28(35)17-25)45-22-26-6-4-5-11-37-26/h4-8,11,16-19,21H,3,9-10,12-15,22H2,1-2H3,(H,38,39)(H,40,42). The number of methoxy groups -OCH3 is 1. The molecule has 1 aliphatic rings. The lowest BCUT2D eigenvalue weighted by Crippen LogP contribution is -2.30. The molecule has 3 heterocycles. The first-order valence-corrected chi connectivity index (χ1v) is 15.2. The van der Waals surface area contributed by atoms with E-state index >= 15 is 0 Å². The zero-order valence-electron chi connectivity index (χ0n) is 25.3. The van der Waals surface area contributed by atoms with Crippen LogP contribution in [0.5, 0.6) is 11.5 Å². The predicted molar refractivity (Wildman–Crippen MR) is 175 cm³/mol. The normalized spacial score (nSPS) is 13.2. The number of carbonyl (C=O) groups is 1. The minimum absolute atomic E-state index is 0.238. The Morgan fingerprint density at radius 2 is 1.93 bits per heavy atom. The van der Waals surface area contributed by atoms with Crippen LogP contribution in [0.3, 0.4) is 0 Å². The van der Waals surface area contributed by atoms with Gasteiger partial charge >= 0.3 is 0 Å². The number of likely N-dealkylation sites (tertiary alicyclic amines) is 1. The molecular formula is C34H35ClN6O4. The molecule has 0 spiro atoms. The molecule has 1 amide bonds. The van der Waals surface area contributed by atoms with Crippen LogP contribution in [0.15, 0.2) is 72.6 Å². The van der Waals surface area contributed by atoms with Crippen molar-refractivity contribution >= 4 is 45.5 Å². The van der Waals surface area contributed by atoms with E-state index in [9.17, 15) is 10.1 Å². The van der Waals surface area contributed by atoms with E-state index in [1.54, 1.807) is 43.6 Å². The summed E-state index contributed by atoms with van der Waals surface area (Å²) in [5, 5.41) is 17.3. The van der Waals surface area contributed by atoms with Crippen LogP contribution in [0.25, 0.3) is 10.9 Å². The van der Waals surface area contributed by atoms with Gasteiger partial charge in [-0.05, 0) is 55.8 Å². The van der Waals surface area contributed by atoms with Crippen LogP contribution < -0.4 is 20.1 Å². The van der Waals surface area contributed by atoms with Gasteiger partial charge in [-0.1, -0.05) is 30.2 Å². The van der Waals surface area contributed by atoms with Crippen LogP contribution in [0.4, 0.5) is 17.1 Å². The topological polar surface area (TPSA) is 122 Å². The fourth-order valence-corrected chi connectivity index (χ4v) is 5.26. The second-order valence-corrected chi connectivity index (χ2v) is 10.9. The maximum atomic E-state index is 13.2. The smallest absolute Gasteiger partial charge is 0.248 e. The van der Waals surface area contributed by atoms with Crippen molar-refractivity contribution in [2.24, 2.45) is 0 Å². The number of halogens is 1. The SMILES string of the molecule is CCN1CCC(=CC(=O)Nc2cc3c(Nc4ccc(OCc5ccccn5)c(Cl)c4)c(C#N)cnc3cc2OCCOC)CC1. The maximum Gasteiger partial charge on any atom is 0.248 e. The minimum Gasteiger partial charge on any atom is -0.489 e. The van der Waals surface area contributed by atoms with Crippen LogP contribution in [0, 0.1) is 11.3 Å². The van der Waals surface area contributed by atoms with E-state index in [0.29, 0.717) is 56.7 Å². The quantitative estimate of drug-likeness (QED) is 0.134. The molecule has 1 aliphatic heterocycles. The van der Waals surface area contributed by atoms with Crippen LogP contribution >= 0.6 is 11.6 Å². The van der Waals surface area contributed by atoms with Crippen molar-refractivity contribution in [2.45, 2.75) is 26.4 Å². The summed E-state index contributed by atoms with van der Waals surface area (Å²) in [5.41, 5.74) is 4.41. The van der Waals surface area contributed by atoms with Crippen molar-refractivity contribution in [2.75, 3.05) is 50.6 Å². The number of nitrogens with zero attached hydrogens (tertiary/aromatic N) is 4. The lowest BCUT2D eigenvalue weighted by molar-refractivity contribution is -0.112. The summed E-state index contributed by atoms with van der Waals surface area (Å²) < 4.78 is 17.0. The second kappa shape index (κ2) is 15.3. The zero-order chi connectivity index (χ0) is 31.6. The molecule has 1 fully saturated rings. The number of hydrogen-bond donors (Lipinski definition) is 2. The van der Waals surface area contributed by atoms with Gasteiger partial charge in [-0.25, -0.2) is 0 Å². The molecule has 0 radical (unpaired) electrons. The van der Waals surface area contributed by atoms with Crippen LogP contribution in [0.1, 0.15) is 31.0 Å². The van der Waals surface area contributed by atoms with Gasteiger partial charge < -0.3 is 29.7 Å². The Bertz CT molecular complexity index is 1710. The number of nitriles is 1. The molecule has 11 heteroatoms. The molecule has 0 atom stereocenters. The fraction of sp³-hybridized carbons (Fsp3) is 0.294. The molecule has 232 valence electrons. The van der Waals surface area contributed by atoms with Gasteiger partial charge in [0.1, 0.15) is 30.8 Å². The Morgan fingerprint density at radius 3 is 2.64 bits per heavy atom. The fourth-order valence-electron chi connectivity index (χ4n) is 5.02. The van der Waals surface area contributed by atoms with Gasteiger partial charge in [0.15, 0.2) is 0 Å². The third-order valence-corrected chi connectivity index (χ3v) is 7.77. The minimum atomic E-state index is -0.238. The number of anilines is 3. The number of pyridine rings is 2. The third-order valence-electron chi connectivity index (χ3n) is 7.48. The molecule has 0 aliphatic carbocycles. The van der Waals surface area contributed by atoms with Gasteiger partial charge in [0.25, 0.3) is 0 Å². The number of ether oxygens (including phenoxy) is 3. The first-order valence-electron chi connectivity index (χ1n) is 14.8. The van der Waals surface area contributed by atoms with Crippen molar-refractivity contribution in [1.82, 2.24) is 14.9 Å². The Kier molecular flexibility index (Phi) is 10.8. The Labute approximate surface area is 267 Å². The van der Waals surface area contributed by atoms with Crippen molar-refractivity contribution in [1.29, 1.82) is 5.26 Å². The third kappa shape index (κ3) is 8.28. The summed E-state index contributed by atoms with van der Waals surface area (Å²) in [7, 11) is 1.59. The summed E-state index contributed by atoms with van der Waals surface area (Å²) in [5.74, 6) is 0.718. The van der Waals surface area contributed by atoms with Crippen LogP contribution in [0.2, 0.25) is 5.02 Å². The molecule has 10 nitrogen and oxygen atoms in total. The van der Waals surface area contributed by atoms with Crippen molar-refractivity contribution < 1.29 is 19.0 Å². The number of amides is 1. The van der Waals surface area contributed by atoms with Crippen LogP contribution in [-0.2, 0) is 16.1 Å². The van der Waals surface area contributed by atoms with Crippen molar-refractivity contribution in [3.63, 3.8) is 0 Å². The van der Waals surface area contributed by atoms with Gasteiger partial charge in [-0.2, -0.15) is 5.26 Å². The monoisotopic (exact) mass is 626 g/mol. The Morgan fingerprint density at radius 1 is 1.09 bits per heavy atom. The molecule has 2 N–H and O–H groups in total. The molecule has 5 rings (SSSR count). The average molecular weight is 627 g/mol. The van der Waals surface area contributed by atoms with E-state index in [1.807, 2.05) is 24.3 Å². The molecular weight excluding hydrogens is 592 g/mol. The lowest BCUT2D eigenvalue weighted by Gasteiger charge is -2.26. The summed E-state index contributed by atoms with van der Waals surface area (Å²) in [4.78, 5) is 24.3.